The molecular weight excluding hydrogens is 733 g/mol. The summed E-state index contributed by atoms with van der Waals surface area (Å²) in [6.07, 6.45) is 90.2. The predicted octanol–water partition coefficient (Wildman–Crippen LogP) is 23.6. The Labute approximate surface area is 389 Å². The fourth-order valence-corrected chi connectivity index (χ4v) is 9.87. The van der Waals surface area contributed by atoms with Crippen LogP contribution in [0.5, 0.6) is 0 Å². The van der Waals surface area contributed by atoms with Gasteiger partial charge in [-0.1, -0.05) is 352 Å². The first-order chi connectivity index (χ1) is 30.4. The van der Waals surface area contributed by atoms with Gasteiger partial charge in [-0.3, -0.25) is 0 Å². The van der Waals surface area contributed by atoms with Crippen LogP contribution in [0.4, 0.5) is 0 Å². The molecule has 0 saturated carbocycles. The molecule has 0 atom stereocenters. The SMILES string of the molecule is CC=CCCCCCCCCCCCCCCCCCCCCCCCCCCCCCCCCCCCCCCCCCCCCCCCCCCCCCCCC=CC. The molecule has 0 nitrogen and oxygen atoms in total. The van der Waals surface area contributed by atoms with Gasteiger partial charge in [0.2, 0.25) is 0 Å². The van der Waals surface area contributed by atoms with E-state index in [-0.39, 0.29) is 0 Å². The van der Waals surface area contributed by atoms with Crippen LogP contribution in [0.25, 0.3) is 0 Å². The monoisotopic (exact) mass is 853 g/mol. The third-order valence-electron chi connectivity index (χ3n) is 14.2. The molecule has 0 radical (unpaired) electrons. The molecule has 0 unspecified atom stereocenters. The van der Waals surface area contributed by atoms with Crippen molar-refractivity contribution in [2.45, 2.75) is 367 Å². The fourth-order valence-electron chi connectivity index (χ4n) is 9.87. The van der Waals surface area contributed by atoms with E-state index < -0.39 is 0 Å². The average Bonchev–Trinajstić information content (AvgIpc) is 3.27. The summed E-state index contributed by atoms with van der Waals surface area (Å²) in [4.78, 5) is 0. The van der Waals surface area contributed by atoms with Crippen molar-refractivity contribution in [1.29, 1.82) is 0 Å². The molecule has 0 aromatic heterocycles. The molecule has 0 fully saturated rings. The lowest BCUT2D eigenvalue weighted by Gasteiger charge is -2.05. The summed E-state index contributed by atoms with van der Waals surface area (Å²) >= 11 is 0. The van der Waals surface area contributed by atoms with Crippen LogP contribution in [0.2, 0.25) is 0 Å². The quantitative estimate of drug-likeness (QED) is 0.0422. The van der Waals surface area contributed by atoms with Crippen LogP contribution in [0.15, 0.2) is 24.3 Å². The van der Waals surface area contributed by atoms with Gasteiger partial charge in [-0.25, -0.2) is 0 Å². The largest absolute Gasteiger partial charge is 0.0917 e. The third kappa shape index (κ3) is 59.5. The maximum Gasteiger partial charge on any atom is -0.0351 e. The van der Waals surface area contributed by atoms with E-state index in [1.165, 1.54) is 353 Å². The van der Waals surface area contributed by atoms with Crippen LogP contribution >= 0.6 is 0 Å². The molecule has 0 aliphatic rings. The number of unbranched alkanes of at least 4 members (excludes halogenated alkanes) is 54. The van der Waals surface area contributed by atoms with Gasteiger partial charge in [-0.05, 0) is 39.5 Å². The Morgan fingerprint density at radius 3 is 0.295 bits per heavy atom. The van der Waals surface area contributed by atoms with Crippen molar-refractivity contribution in [2.75, 3.05) is 0 Å². The Morgan fingerprint density at radius 1 is 0.131 bits per heavy atom. The van der Waals surface area contributed by atoms with E-state index in [0.29, 0.717) is 0 Å². The van der Waals surface area contributed by atoms with Crippen molar-refractivity contribution in [1.82, 2.24) is 0 Å². The molecule has 0 aliphatic heterocycles. The Bertz CT molecular complexity index is 711. The second kappa shape index (κ2) is 59.5. The lowest BCUT2D eigenvalue weighted by molar-refractivity contribution is 0.507. The molecule has 0 heterocycles. The lowest BCUT2D eigenvalue weighted by atomic mass is 10.0. The summed E-state index contributed by atoms with van der Waals surface area (Å²) in [5, 5.41) is 0. The van der Waals surface area contributed by atoms with E-state index in [9.17, 15) is 0 Å². The van der Waals surface area contributed by atoms with Crippen molar-refractivity contribution < 1.29 is 0 Å². The molecule has 0 spiro atoms. The van der Waals surface area contributed by atoms with E-state index in [0.717, 1.165) is 0 Å². The van der Waals surface area contributed by atoms with Gasteiger partial charge in [0.1, 0.15) is 0 Å². The summed E-state index contributed by atoms with van der Waals surface area (Å²) in [7, 11) is 0. The van der Waals surface area contributed by atoms with E-state index in [1.54, 1.807) is 0 Å². The first-order valence-corrected chi connectivity index (χ1v) is 29.6. The molecule has 0 amide bonds. The smallest absolute Gasteiger partial charge is 0.0351 e. The lowest BCUT2D eigenvalue weighted by Crippen LogP contribution is -1.85. The van der Waals surface area contributed by atoms with Crippen molar-refractivity contribution in [3.05, 3.63) is 24.3 Å². The first kappa shape index (κ1) is 60.5. The maximum absolute atomic E-state index is 2.31. The Morgan fingerprint density at radius 2 is 0.213 bits per heavy atom. The highest BCUT2D eigenvalue weighted by molar-refractivity contribution is 4.76. The van der Waals surface area contributed by atoms with Crippen molar-refractivity contribution >= 4 is 0 Å². The zero-order valence-corrected chi connectivity index (χ0v) is 43.2. The van der Waals surface area contributed by atoms with E-state index in [1.807, 2.05) is 0 Å². The summed E-state index contributed by atoms with van der Waals surface area (Å²) in [5.41, 5.74) is 0. The van der Waals surface area contributed by atoms with Crippen LogP contribution in [0.1, 0.15) is 367 Å². The zero-order chi connectivity index (χ0) is 43.7. The van der Waals surface area contributed by atoms with Crippen LogP contribution < -0.4 is 0 Å². The minimum atomic E-state index is 1.29. The van der Waals surface area contributed by atoms with Gasteiger partial charge in [0.25, 0.3) is 0 Å². The molecule has 0 heteroatoms. The summed E-state index contributed by atoms with van der Waals surface area (Å²) in [5.74, 6) is 0. The van der Waals surface area contributed by atoms with Crippen molar-refractivity contribution in [2.24, 2.45) is 0 Å². The molecule has 0 N–H and O–H groups in total. The van der Waals surface area contributed by atoms with Gasteiger partial charge in [0.05, 0.1) is 0 Å². The Balaban J connectivity index is 3.06. The highest BCUT2D eigenvalue weighted by atomic mass is 14.1. The van der Waals surface area contributed by atoms with Crippen molar-refractivity contribution in [3.63, 3.8) is 0 Å². The molecule has 0 aliphatic carbocycles. The fraction of sp³-hybridized carbons (Fsp3) is 0.934. The maximum atomic E-state index is 2.31. The van der Waals surface area contributed by atoms with Gasteiger partial charge >= 0.3 is 0 Å². The number of hydrogen-bond acceptors (Lipinski definition) is 0. The predicted molar refractivity (Wildman–Crippen MR) is 284 cm³/mol. The zero-order valence-electron chi connectivity index (χ0n) is 43.2. The second-order valence-electron chi connectivity index (χ2n) is 20.5. The number of rotatable bonds is 56. The molecule has 364 valence electrons. The Kier molecular flexibility index (Phi) is 59.0. The normalized spacial score (nSPS) is 12.0. The highest BCUT2D eigenvalue weighted by Gasteiger charge is 1.99. The van der Waals surface area contributed by atoms with Gasteiger partial charge in [-0.2, -0.15) is 0 Å². The standard InChI is InChI=1S/C61H120/c1-3-5-7-9-11-13-15-17-19-21-23-25-27-29-31-33-35-37-39-41-43-45-47-49-51-53-55-57-59-61-60-58-56-54-52-50-48-46-44-42-40-38-36-34-32-30-28-26-24-22-20-18-16-14-12-10-8-6-4-2/h3-6H,7-61H2,1-2H3. The number of hydrogen-bond donors (Lipinski definition) is 0. The summed E-state index contributed by atoms with van der Waals surface area (Å²) in [6, 6.07) is 0. The van der Waals surface area contributed by atoms with Crippen LogP contribution in [0, 0.1) is 0 Å². The third-order valence-corrected chi connectivity index (χ3v) is 14.2. The topological polar surface area (TPSA) is 0 Å². The minimum absolute atomic E-state index is 1.29. The molecule has 61 heavy (non-hydrogen) atoms. The van der Waals surface area contributed by atoms with Crippen LogP contribution in [-0.2, 0) is 0 Å². The second-order valence-corrected chi connectivity index (χ2v) is 20.5. The van der Waals surface area contributed by atoms with Gasteiger partial charge < -0.3 is 0 Å². The van der Waals surface area contributed by atoms with Crippen molar-refractivity contribution in [3.8, 4) is 0 Å². The van der Waals surface area contributed by atoms with Crippen LogP contribution in [0.3, 0.4) is 0 Å². The molecular formula is C61H120. The molecule has 0 aromatic rings. The minimum Gasteiger partial charge on any atom is -0.0917 e. The van der Waals surface area contributed by atoms with E-state index >= 15 is 0 Å². The van der Waals surface area contributed by atoms with Gasteiger partial charge in [0, 0.05) is 0 Å². The van der Waals surface area contributed by atoms with Gasteiger partial charge in [0.15, 0.2) is 0 Å². The first-order valence-electron chi connectivity index (χ1n) is 29.6. The number of allylic oxidation sites excluding steroid dienone is 4. The average molecular weight is 854 g/mol. The Hall–Kier alpha value is -0.520. The molecule has 0 aromatic carbocycles. The molecule has 0 bridgehead atoms. The van der Waals surface area contributed by atoms with E-state index in [4.69, 9.17) is 0 Å². The molecule has 0 rings (SSSR count). The summed E-state index contributed by atoms with van der Waals surface area (Å²) < 4.78 is 0. The molecule has 0 saturated heterocycles. The van der Waals surface area contributed by atoms with Gasteiger partial charge in [-0.15, -0.1) is 0 Å². The van der Waals surface area contributed by atoms with Crippen LogP contribution in [-0.4, -0.2) is 0 Å². The summed E-state index contributed by atoms with van der Waals surface area (Å²) in [6.45, 7) is 4.27. The highest BCUT2D eigenvalue weighted by Crippen LogP contribution is 2.19. The van der Waals surface area contributed by atoms with E-state index in [2.05, 4.69) is 38.2 Å².